The van der Waals surface area contributed by atoms with Gasteiger partial charge in [-0.05, 0) is 18.1 Å². The highest BCUT2D eigenvalue weighted by Crippen LogP contribution is 2.42. The Hall–Kier alpha value is -1.36. The topological polar surface area (TPSA) is 63.2 Å². The third kappa shape index (κ3) is 1.49. The number of hydrogen-bond donors (Lipinski definition) is 1. The molecule has 1 unspecified atom stereocenters. The van der Waals surface area contributed by atoms with E-state index in [0.29, 0.717) is 24.3 Å². The summed E-state index contributed by atoms with van der Waals surface area (Å²) in [6, 6.07) is 7.06. The zero-order chi connectivity index (χ0) is 12.1. The van der Waals surface area contributed by atoms with Gasteiger partial charge in [-0.2, -0.15) is 0 Å². The van der Waals surface area contributed by atoms with Crippen molar-refractivity contribution in [2.75, 3.05) is 12.3 Å². The molecule has 1 amide bonds. The number of carbonyl (C=O) groups is 1. The first-order valence-corrected chi connectivity index (χ1v) is 7.28. The van der Waals surface area contributed by atoms with E-state index >= 15 is 0 Å². The van der Waals surface area contributed by atoms with Crippen LogP contribution in [-0.2, 0) is 20.0 Å². The second-order valence-corrected chi connectivity index (χ2v) is 6.88. The van der Waals surface area contributed by atoms with Crippen LogP contribution in [0.25, 0.3) is 0 Å². The zero-order valence-corrected chi connectivity index (χ0v) is 10.1. The third-order valence-corrected chi connectivity index (χ3v) is 5.53. The number of carbonyl (C=O) groups excluding carboxylic acids is 1. The van der Waals surface area contributed by atoms with Crippen LogP contribution in [0.1, 0.15) is 18.4 Å². The van der Waals surface area contributed by atoms with Crippen LogP contribution in [0, 0.1) is 0 Å². The van der Waals surface area contributed by atoms with Gasteiger partial charge in [0.05, 0.1) is 10.6 Å². The monoisotopic (exact) mass is 251 g/mol. The summed E-state index contributed by atoms with van der Waals surface area (Å²) in [6.45, 7) is 0.554. The normalized spacial score (nSPS) is 30.0. The number of fused-ring (bicyclic) bond motifs is 2. The Bertz CT molecular complexity index is 594. The number of nitrogens with one attached hydrogen (secondary N) is 1. The number of sulfone groups is 1. The van der Waals surface area contributed by atoms with Crippen LogP contribution >= 0.6 is 0 Å². The maximum Gasteiger partial charge on any atom is 0.220 e. The Kier molecular flexibility index (Phi) is 2.10. The standard InChI is InChI=1S/C12H13NO3S/c14-11-7-12(8-13-11)5-6-17(15,16)10-4-2-1-3-9(10)12/h1-4H,5-8H2,(H,13,14). The minimum Gasteiger partial charge on any atom is -0.355 e. The highest BCUT2D eigenvalue weighted by Gasteiger charge is 2.46. The van der Waals surface area contributed by atoms with E-state index in [4.69, 9.17) is 0 Å². The molecular formula is C12H13NO3S. The molecular weight excluding hydrogens is 238 g/mol. The predicted molar refractivity (Wildman–Crippen MR) is 62.4 cm³/mol. The fourth-order valence-corrected chi connectivity index (χ4v) is 4.60. The molecule has 0 bridgehead atoms. The Labute approximate surface area is 99.9 Å². The molecule has 1 atom stereocenters. The van der Waals surface area contributed by atoms with Crippen LogP contribution in [0.2, 0.25) is 0 Å². The molecule has 1 aromatic rings. The van der Waals surface area contributed by atoms with Gasteiger partial charge in [-0.3, -0.25) is 4.79 Å². The molecule has 1 saturated heterocycles. The zero-order valence-electron chi connectivity index (χ0n) is 9.27. The average molecular weight is 251 g/mol. The van der Waals surface area contributed by atoms with Crippen molar-refractivity contribution in [3.63, 3.8) is 0 Å². The number of rotatable bonds is 0. The lowest BCUT2D eigenvalue weighted by atomic mass is 9.77. The van der Waals surface area contributed by atoms with Crippen molar-refractivity contribution in [1.29, 1.82) is 0 Å². The summed E-state index contributed by atoms with van der Waals surface area (Å²) >= 11 is 0. The molecule has 4 nitrogen and oxygen atoms in total. The molecule has 3 rings (SSSR count). The van der Waals surface area contributed by atoms with Crippen molar-refractivity contribution < 1.29 is 13.2 Å². The van der Waals surface area contributed by atoms with Crippen LogP contribution < -0.4 is 5.32 Å². The van der Waals surface area contributed by atoms with Crippen LogP contribution in [0.4, 0.5) is 0 Å². The van der Waals surface area contributed by atoms with Gasteiger partial charge in [0.25, 0.3) is 0 Å². The van der Waals surface area contributed by atoms with Gasteiger partial charge in [0.15, 0.2) is 9.84 Å². The van der Waals surface area contributed by atoms with Gasteiger partial charge >= 0.3 is 0 Å². The largest absolute Gasteiger partial charge is 0.355 e. The smallest absolute Gasteiger partial charge is 0.220 e. The van der Waals surface area contributed by atoms with Gasteiger partial charge in [0, 0.05) is 18.4 Å². The molecule has 1 aromatic carbocycles. The Morgan fingerprint density at radius 3 is 2.71 bits per heavy atom. The Morgan fingerprint density at radius 2 is 2.00 bits per heavy atom. The number of benzene rings is 1. The van der Waals surface area contributed by atoms with Crippen LogP contribution in [0.3, 0.4) is 0 Å². The summed E-state index contributed by atoms with van der Waals surface area (Å²) < 4.78 is 24.0. The average Bonchev–Trinajstić information content (AvgIpc) is 2.69. The maximum atomic E-state index is 12.0. The quantitative estimate of drug-likeness (QED) is 0.735. The lowest BCUT2D eigenvalue weighted by molar-refractivity contribution is -0.119. The third-order valence-electron chi connectivity index (χ3n) is 3.77. The molecule has 90 valence electrons. The molecule has 17 heavy (non-hydrogen) atoms. The molecule has 2 aliphatic heterocycles. The maximum absolute atomic E-state index is 12.0. The Morgan fingerprint density at radius 1 is 1.24 bits per heavy atom. The van der Waals surface area contributed by atoms with Crippen LogP contribution in [-0.4, -0.2) is 26.6 Å². The van der Waals surface area contributed by atoms with Gasteiger partial charge in [-0.1, -0.05) is 18.2 Å². The van der Waals surface area contributed by atoms with Gasteiger partial charge < -0.3 is 5.32 Å². The summed E-state index contributed by atoms with van der Waals surface area (Å²) in [5.41, 5.74) is 0.503. The molecule has 0 radical (unpaired) electrons. The SMILES string of the molecule is O=C1CC2(CCS(=O)(=O)c3ccccc32)CN1. The van der Waals surface area contributed by atoms with E-state index in [9.17, 15) is 13.2 Å². The van der Waals surface area contributed by atoms with Crippen molar-refractivity contribution in [3.8, 4) is 0 Å². The highest BCUT2D eigenvalue weighted by atomic mass is 32.2. The van der Waals surface area contributed by atoms with E-state index in [1.54, 1.807) is 12.1 Å². The summed E-state index contributed by atoms with van der Waals surface area (Å²) in [4.78, 5) is 11.8. The predicted octanol–water partition coefficient (Wildman–Crippen LogP) is 0.622. The molecule has 1 N–H and O–H groups in total. The van der Waals surface area contributed by atoms with Crippen molar-refractivity contribution in [3.05, 3.63) is 29.8 Å². The molecule has 0 aromatic heterocycles. The van der Waals surface area contributed by atoms with Crippen molar-refractivity contribution in [2.45, 2.75) is 23.2 Å². The molecule has 0 aliphatic carbocycles. The van der Waals surface area contributed by atoms with Crippen molar-refractivity contribution in [2.24, 2.45) is 0 Å². The molecule has 1 spiro atoms. The molecule has 0 saturated carbocycles. The van der Waals surface area contributed by atoms with Crippen LogP contribution in [0.5, 0.6) is 0 Å². The minimum absolute atomic E-state index is 0.0131. The number of hydrogen-bond acceptors (Lipinski definition) is 3. The lowest BCUT2D eigenvalue weighted by Gasteiger charge is -2.33. The van der Waals surface area contributed by atoms with Gasteiger partial charge in [-0.15, -0.1) is 0 Å². The molecule has 5 heteroatoms. The summed E-state index contributed by atoms with van der Waals surface area (Å²) in [7, 11) is -3.16. The van der Waals surface area contributed by atoms with Gasteiger partial charge in [-0.25, -0.2) is 8.42 Å². The fraction of sp³-hybridized carbons (Fsp3) is 0.417. The van der Waals surface area contributed by atoms with Crippen LogP contribution in [0.15, 0.2) is 29.2 Å². The van der Waals surface area contributed by atoms with Crippen molar-refractivity contribution in [1.82, 2.24) is 5.32 Å². The van der Waals surface area contributed by atoms with E-state index in [1.807, 2.05) is 12.1 Å². The molecule has 2 heterocycles. The van der Waals surface area contributed by atoms with E-state index < -0.39 is 9.84 Å². The summed E-state index contributed by atoms with van der Waals surface area (Å²) in [6.07, 6.45) is 0.935. The van der Waals surface area contributed by atoms with Gasteiger partial charge in [0.2, 0.25) is 5.91 Å². The first-order chi connectivity index (χ1) is 8.04. The van der Waals surface area contributed by atoms with Crippen molar-refractivity contribution >= 4 is 15.7 Å². The highest BCUT2D eigenvalue weighted by molar-refractivity contribution is 7.91. The summed E-state index contributed by atoms with van der Waals surface area (Å²) in [5, 5.41) is 2.81. The van der Waals surface area contributed by atoms with E-state index in [1.165, 1.54) is 0 Å². The fourth-order valence-electron chi connectivity index (χ4n) is 2.82. The second kappa shape index (κ2) is 3.32. The minimum atomic E-state index is -3.16. The first kappa shape index (κ1) is 10.8. The van der Waals surface area contributed by atoms with E-state index in [2.05, 4.69) is 5.32 Å². The number of amides is 1. The molecule has 2 aliphatic rings. The Balaban J connectivity index is 2.22. The van der Waals surface area contributed by atoms with Gasteiger partial charge in [0.1, 0.15) is 0 Å². The summed E-state index contributed by atoms with van der Waals surface area (Å²) in [5.74, 6) is 0.151. The first-order valence-electron chi connectivity index (χ1n) is 5.63. The lowest BCUT2D eigenvalue weighted by Crippen LogP contribution is -2.37. The second-order valence-electron chi connectivity index (χ2n) is 4.80. The molecule has 1 fully saturated rings. The van der Waals surface area contributed by atoms with E-state index in [-0.39, 0.29) is 17.1 Å². The van der Waals surface area contributed by atoms with E-state index in [0.717, 1.165) is 5.56 Å².